The van der Waals surface area contributed by atoms with E-state index in [1.54, 1.807) is 18.7 Å². The molecule has 0 atom stereocenters. The van der Waals surface area contributed by atoms with Gasteiger partial charge in [-0.05, 0) is 62.1 Å². The van der Waals surface area contributed by atoms with Crippen LogP contribution in [0.2, 0.25) is 0 Å². The van der Waals surface area contributed by atoms with Gasteiger partial charge in [-0.3, -0.25) is 4.79 Å². The Kier molecular flexibility index (Phi) is 7.36. The molecule has 0 aliphatic carbocycles. The molecule has 0 saturated carbocycles. The van der Waals surface area contributed by atoms with Crippen LogP contribution in [-0.4, -0.2) is 30.4 Å². The van der Waals surface area contributed by atoms with Gasteiger partial charge in [0, 0.05) is 16.9 Å². The Labute approximate surface area is 175 Å². The van der Waals surface area contributed by atoms with E-state index in [-0.39, 0.29) is 12.4 Å². The number of aryl methyl sites for hydroxylation is 1. The van der Waals surface area contributed by atoms with E-state index in [2.05, 4.69) is 23.4 Å². The number of ether oxygens (including phenoxy) is 2. The van der Waals surface area contributed by atoms with Crippen molar-refractivity contribution in [1.82, 2.24) is 4.98 Å². The van der Waals surface area contributed by atoms with E-state index in [9.17, 15) is 4.79 Å². The molecule has 2 aromatic carbocycles. The Morgan fingerprint density at radius 3 is 2.69 bits per heavy atom. The lowest BCUT2D eigenvalue weighted by Gasteiger charge is -2.07. The predicted molar refractivity (Wildman–Crippen MR) is 114 cm³/mol. The average Bonchev–Trinajstić information content (AvgIpc) is 3.09. The molecule has 0 aliphatic rings. The summed E-state index contributed by atoms with van der Waals surface area (Å²) in [6.07, 6.45) is 2.93. The van der Waals surface area contributed by atoms with Gasteiger partial charge in [0.1, 0.15) is 11.5 Å². The molecular formula is C23H25NO4S. The lowest BCUT2D eigenvalue weighted by atomic mass is 10.1. The molecule has 0 amide bonds. The standard InChI is InChI=1S/C23H25NO4S/c1-4-26-22(25)15-17-6-5-7-19(14-17)27-13-12-21-16(2)28-23(24-21)18-8-10-20(29-3)11-9-18/h5-11,14H,4,12-13,15H2,1-3H3. The second-order valence-corrected chi connectivity index (χ2v) is 7.36. The third-order valence-electron chi connectivity index (χ3n) is 4.39. The monoisotopic (exact) mass is 411 g/mol. The summed E-state index contributed by atoms with van der Waals surface area (Å²) in [6.45, 7) is 4.58. The molecule has 0 fully saturated rings. The van der Waals surface area contributed by atoms with Crippen LogP contribution in [0.4, 0.5) is 0 Å². The maximum atomic E-state index is 11.6. The SMILES string of the molecule is CCOC(=O)Cc1cccc(OCCc2nc(-c3ccc(SC)cc3)oc2C)c1. The van der Waals surface area contributed by atoms with Crippen molar-refractivity contribution in [2.75, 3.05) is 19.5 Å². The Bertz CT molecular complexity index is 950. The molecule has 0 unspecified atom stereocenters. The normalized spacial score (nSPS) is 10.7. The van der Waals surface area contributed by atoms with Crippen molar-refractivity contribution in [2.24, 2.45) is 0 Å². The minimum Gasteiger partial charge on any atom is -0.493 e. The second kappa shape index (κ2) is 10.2. The third kappa shape index (κ3) is 5.87. The van der Waals surface area contributed by atoms with Gasteiger partial charge in [-0.25, -0.2) is 4.98 Å². The number of aromatic nitrogens is 1. The van der Waals surface area contributed by atoms with E-state index in [1.165, 1.54) is 4.90 Å². The van der Waals surface area contributed by atoms with E-state index >= 15 is 0 Å². The summed E-state index contributed by atoms with van der Waals surface area (Å²) in [5, 5.41) is 0. The summed E-state index contributed by atoms with van der Waals surface area (Å²) in [5.74, 6) is 1.91. The Morgan fingerprint density at radius 1 is 1.17 bits per heavy atom. The highest BCUT2D eigenvalue weighted by atomic mass is 32.2. The molecule has 0 spiro atoms. The van der Waals surface area contributed by atoms with Crippen molar-refractivity contribution >= 4 is 17.7 Å². The lowest BCUT2D eigenvalue weighted by molar-refractivity contribution is -0.142. The van der Waals surface area contributed by atoms with Gasteiger partial charge in [-0.15, -0.1) is 11.8 Å². The molecule has 3 rings (SSSR count). The van der Waals surface area contributed by atoms with Crippen molar-refractivity contribution in [1.29, 1.82) is 0 Å². The molecule has 1 heterocycles. The summed E-state index contributed by atoms with van der Waals surface area (Å²) in [5.41, 5.74) is 2.72. The number of hydrogen-bond donors (Lipinski definition) is 0. The Balaban J connectivity index is 1.58. The van der Waals surface area contributed by atoms with Crippen molar-refractivity contribution in [3.05, 3.63) is 65.5 Å². The molecule has 1 aromatic heterocycles. The smallest absolute Gasteiger partial charge is 0.310 e. The van der Waals surface area contributed by atoms with Crippen LogP contribution >= 0.6 is 11.8 Å². The first-order valence-electron chi connectivity index (χ1n) is 9.57. The fraction of sp³-hybridized carbons (Fsp3) is 0.304. The van der Waals surface area contributed by atoms with Crippen LogP contribution in [0.25, 0.3) is 11.5 Å². The minimum atomic E-state index is -0.235. The number of rotatable bonds is 9. The van der Waals surface area contributed by atoms with E-state index in [4.69, 9.17) is 13.9 Å². The lowest BCUT2D eigenvalue weighted by Crippen LogP contribution is -2.08. The van der Waals surface area contributed by atoms with Crippen LogP contribution < -0.4 is 4.74 Å². The number of carbonyl (C=O) groups excluding carboxylic acids is 1. The van der Waals surface area contributed by atoms with E-state index < -0.39 is 0 Å². The molecular weight excluding hydrogens is 386 g/mol. The number of benzene rings is 2. The number of thioether (sulfide) groups is 1. The highest BCUT2D eigenvalue weighted by Gasteiger charge is 2.12. The summed E-state index contributed by atoms with van der Waals surface area (Å²) in [4.78, 5) is 17.5. The zero-order valence-corrected chi connectivity index (χ0v) is 17.8. The van der Waals surface area contributed by atoms with Crippen LogP contribution in [0.5, 0.6) is 5.75 Å². The van der Waals surface area contributed by atoms with Crippen LogP contribution in [0.15, 0.2) is 57.8 Å². The van der Waals surface area contributed by atoms with Crippen molar-refractivity contribution in [3.8, 4) is 17.2 Å². The molecule has 0 aliphatic heterocycles. The number of esters is 1. The largest absolute Gasteiger partial charge is 0.493 e. The van der Waals surface area contributed by atoms with Gasteiger partial charge in [0.15, 0.2) is 0 Å². The third-order valence-corrected chi connectivity index (χ3v) is 5.13. The molecule has 152 valence electrons. The van der Waals surface area contributed by atoms with Gasteiger partial charge in [-0.1, -0.05) is 12.1 Å². The zero-order valence-electron chi connectivity index (χ0n) is 16.9. The van der Waals surface area contributed by atoms with Crippen molar-refractivity contribution in [3.63, 3.8) is 0 Å². The predicted octanol–water partition coefficient (Wildman–Crippen LogP) is 5.10. The first-order chi connectivity index (χ1) is 14.1. The first-order valence-corrected chi connectivity index (χ1v) is 10.8. The second-order valence-electron chi connectivity index (χ2n) is 6.48. The van der Waals surface area contributed by atoms with E-state index in [1.807, 2.05) is 43.3 Å². The first kappa shape index (κ1) is 21.0. The van der Waals surface area contributed by atoms with Crippen molar-refractivity contribution < 1.29 is 18.7 Å². The maximum Gasteiger partial charge on any atom is 0.310 e. The summed E-state index contributed by atoms with van der Waals surface area (Å²) in [6, 6.07) is 15.7. The molecule has 0 bridgehead atoms. The van der Waals surface area contributed by atoms with Gasteiger partial charge >= 0.3 is 5.97 Å². The number of oxazole rings is 1. The number of hydrogen-bond acceptors (Lipinski definition) is 6. The molecule has 29 heavy (non-hydrogen) atoms. The quantitative estimate of drug-likeness (QED) is 0.361. The maximum absolute atomic E-state index is 11.6. The topological polar surface area (TPSA) is 61.6 Å². The summed E-state index contributed by atoms with van der Waals surface area (Å²) in [7, 11) is 0. The number of carbonyl (C=O) groups is 1. The van der Waals surface area contributed by atoms with Crippen LogP contribution in [0.3, 0.4) is 0 Å². The van der Waals surface area contributed by atoms with Gasteiger partial charge in [0.25, 0.3) is 0 Å². The molecule has 3 aromatic rings. The van der Waals surface area contributed by atoms with Crippen LogP contribution in [0.1, 0.15) is 23.9 Å². The van der Waals surface area contributed by atoms with Crippen molar-refractivity contribution in [2.45, 2.75) is 31.6 Å². The van der Waals surface area contributed by atoms with Crippen LogP contribution in [0, 0.1) is 6.92 Å². The van der Waals surface area contributed by atoms with Gasteiger partial charge < -0.3 is 13.9 Å². The minimum absolute atomic E-state index is 0.235. The molecule has 0 N–H and O–H groups in total. The Morgan fingerprint density at radius 2 is 1.97 bits per heavy atom. The van der Waals surface area contributed by atoms with E-state index in [0.717, 1.165) is 28.3 Å². The Hall–Kier alpha value is -2.73. The fourth-order valence-corrected chi connectivity index (χ4v) is 3.31. The fourth-order valence-electron chi connectivity index (χ4n) is 2.91. The molecule has 5 nitrogen and oxygen atoms in total. The van der Waals surface area contributed by atoms with Gasteiger partial charge in [0.05, 0.1) is 25.3 Å². The zero-order chi connectivity index (χ0) is 20.6. The molecule has 0 radical (unpaired) electrons. The highest BCUT2D eigenvalue weighted by molar-refractivity contribution is 7.98. The summed E-state index contributed by atoms with van der Waals surface area (Å²) >= 11 is 1.70. The molecule has 6 heteroatoms. The van der Waals surface area contributed by atoms with Gasteiger partial charge in [0.2, 0.25) is 5.89 Å². The molecule has 0 saturated heterocycles. The summed E-state index contributed by atoms with van der Waals surface area (Å²) < 4.78 is 16.7. The average molecular weight is 412 g/mol. The van der Waals surface area contributed by atoms with Gasteiger partial charge in [-0.2, -0.15) is 0 Å². The van der Waals surface area contributed by atoms with Crippen LogP contribution in [-0.2, 0) is 22.4 Å². The van der Waals surface area contributed by atoms with E-state index in [0.29, 0.717) is 25.5 Å². The highest BCUT2D eigenvalue weighted by Crippen LogP contribution is 2.25. The number of nitrogens with zero attached hydrogens (tertiary/aromatic N) is 1.